The summed E-state index contributed by atoms with van der Waals surface area (Å²) in [7, 11) is 0. The Kier molecular flexibility index (Phi) is 7.54. The van der Waals surface area contributed by atoms with E-state index in [4.69, 9.17) is 10.5 Å². The molecule has 0 bridgehead atoms. The maximum absolute atomic E-state index is 11.8. The van der Waals surface area contributed by atoms with Crippen LogP contribution < -0.4 is 15.8 Å². The lowest BCUT2D eigenvalue weighted by Crippen LogP contribution is -2.33. The molecular formula is C16H25ClN2O2. The number of hydrogen-bond donors (Lipinski definition) is 2. The number of benzene rings is 1. The number of carbonyl (C=O) groups excluding carboxylic acids is 1. The van der Waals surface area contributed by atoms with Crippen molar-refractivity contribution >= 4 is 18.3 Å². The van der Waals surface area contributed by atoms with Crippen LogP contribution in [-0.2, 0) is 4.79 Å². The van der Waals surface area contributed by atoms with Crippen molar-refractivity contribution in [1.82, 2.24) is 5.32 Å². The van der Waals surface area contributed by atoms with Gasteiger partial charge in [0.15, 0.2) is 0 Å². The SMILES string of the molecule is Cc1ccccc1OCCNC(=O)C[C@@H]1CCC[C@H]1N.Cl. The maximum atomic E-state index is 11.8. The lowest BCUT2D eigenvalue weighted by Gasteiger charge is -2.15. The topological polar surface area (TPSA) is 64.3 Å². The van der Waals surface area contributed by atoms with Gasteiger partial charge in [-0.1, -0.05) is 24.6 Å². The maximum Gasteiger partial charge on any atom is 0.220 e. The minimum absolute atomic E-state index is 0. The lowest BCUT2D eigenvalue weighted by molar-refractivity contribution is -0.122. The summed E-state index contributed by atoms with van der Waals surface area (Å²) in [6, 6.07) is 8.07. The highest BCUT2D eigenvalue weighted by molar-refractivity contribution is 5.85. The Morgan fingerprint density at radius 1 is 1.38 bits per heavy atom. The van der Waals surface area contributed by atoms with Crippen molar-refractivity contribution in [2.75, 3.05) is 13.2 Å². The van der Waals surface area contributed by atoms with E-state index in [1.54, 1.807) is 0 Å². The molecule has 1 aromatic carbocycles. The minimum atomic E-state index is 0. The number of halogens is 1. The van der Waals surface area contributed by atoms with Gasteiger partial charge in [0.1, 0.15) is 12.4 Å². The van der Waals surface area contributed by atoms with E-state index in [0.29, 0.717) is 25.5 Å². The Morgan fingerprint density at radius 3 is 2.81 bits per heavy atom. The monoisotopic (exact) mass is 312 g/mol. The number of aryl methyl sites for hydroxylation is 1. The van der Waals surface area contributed by atoms with Crippen LogP contribution in [0, 0.1) is 12.8 Å². The standard InChI is InChI=1S/C16H24N2O2.ClH/c1-12-5-2-3-8-15(12)20-10-9-18-16(19)11-13-6-4-7-14(13)17;/h2-3,5,8,13-14H,4,6-7,9-11,17H2,1H3,(H,18,19);1H/t13-,14+;/m0./s1. The fraction of sp³-hybridized carbons (Fsp3) is 0.562. The number of nitrogens with one attached hydrogen (secondary N) is 1. The quantitative estimate of drug-likeness (QED) is 0.793. The molecule has 1 amide bonds. The van der Waals surface area contributed by atoms with Crippen molar-refractivity contribution in [3.8, 4) is 5.75 Å². The van der Waals surface area contributed by atoms with E-state index in [0.717, 1.165) is 30.6 Å². The normalized spacial score (nSPS) is 20.7. The highest BCUT2D eigenvalue weighted by Gasteiger charge is 2.25. The Bertz CT molecular complexity index is 454. The summed E-state index contributed by atoms with van der Waals surface area (Å²) in [5.74, 6) is 1.31. The van der Waals surface area contributed by atoms with Gasteiger partial charge in [-0.3, -0.25) is 4.79 Å². The van der Waals surface area contributed by atoms with Crippen LogP contribution in [0.4, 0.5) is 0 Å². The van der Waals surface area contributed by atoms with Crippen molar-refractivity contribution in [1.29, 1.82) is 0 Å². The Labute approximate surface area is 132 Å². The van der Waals surface area contributed by atoms with Crippen molar-refractivity contribution in [3.63, 3.8) is 0 Å². The van der Waals surface area contributed by atoms with E-state index in [9.17, 15) is 4.79 Å². The molecule has 1 aromatic rings. The number of nitrogens with two attached hydrogens (primary N) is 1. The first-order chi connectivity index (χ1) is 9.66. The summed E-state index contributed by atoms with van der Waals surface area (Å²) < 4.78 is 5.64. The van der Waals surface area contributed by atoms with Gasteiger partial charge in [-0.15, -0.1) is 12.4 Å². The fourth-order valence-electron chi connectivity index (χ4n) is 2.70. The summed E-state index contributed by atoms with van der Waals surface area (Å²) >= 11 is 0. The number of hydrogen-bond acceptors (Lipinski definition) is 3. The second-order valence-electron chi connectivity index (χ2n) is 5.52. The molecule has 118 valence electrons. The second-order valence-corrected chi connectivity index (χ2v) is 5.52. The minimum Gasteiger partial charge on any atom is -0.491 e. The molecule has 0 aliphatic heterocycles. The van der Waals surface area contributed by atoms with Crippen molar-refractivity contribution < 1.29 is 9.53 Å². The largest absolute Gasteiger partial charge is 0.491 e. The number of rotatable bonds is 6. The molecule has 21 heavy (non-hydrogen) atoms. The Balaban J connectivity index is 0.00000220. The van der Waals surface area contributed by atoms with Crippen LogP contribution in [0.15, 0.2) is 24.3 Å². The third-order valence-electron chi connectivity index (χ3n) is 3.94. The first kappa shape index (κ1) is 17.8. The van der Waals surface area contributed by atoms with E-state index in [2.05, 4.69) is 5.32 Å². The van der Waals surface area contributed by atoms with Crippen molar-refractivity contribution in [3.05, 3.63) is 29.8 Å². The van der Waals surface area contributed by atoms with Crippen molar-refractivity contribution in [2.24, 2.45) is 11.7 Å². The second kappa shape index (κ2) is 8.90. The zero-order valence-corrected chi connectivity index (χ0v) is 13.3. The average Bonchev–Trinajstić information content (AvgIpc) is 2.82. The lowest BCUT2D eigenvalue weighted by atomic mass is 10.00. The van der Waals surface area contributed by atoms with Crippen LogP contribution in [0.1, 0.15) is 31.2 Å². The molecule has 3 N–H and O–H groups in total. The van der Waals surface area contributed by atoms with E-state index < -0.39 is 0 Å². The third kappa shape index (κ3) is 5.56. The molecule has 1 fully saturated rings. The van der Waals surface area contributed by atoms with Gasteiger partial charge in [-0.25, -0.2) is 0 Å². The zero-order valence-electron chi connectivity index (χ0n) is 12.5. The molecule has 0 heterocycles. The molecule has 0 radical (unpaired) electrons. The predicted molar refractivity (Wildman–Crippen MR) is 86.9 cm³/mol. The van der Waals surface area contributed by atoms with E-state index in [1.165, 1.54) is 0 Å². The molecule has 2 atom stereocenters. The third-order valence-corrected chi connectivity index (χ3v) is 3.94. The van der Waals surface area contributed by atoms with Crippen molar-refractivity contribution in [2.45, 2.75) is 38.6 Å². The van der Waals surface area contributed by atoms with E-state index >= 15 is 0 Å². The molecule has 4 nitrogen and oxygen atoms in total. The van der Waals surface area contributed by atoms with Gasteiger partial charge >= 0.3 is 0 Å². The van der Waals surface area contributed by atoms with Gasteiger partial charge < -0.3 is 15.8 Å². The van der Waals surface area contributed by atoms with E-state index in [-0.39, 0.29) is 24.4 Å². The molecule has 0 spiro atoms. The summed E-state index contributed by atoms with van der Waals surface area (Å²) in [6.45, 7) is 3.04. The van der Waals surface area contributed by atoms with Gasteiger partial charge in [0, 0.05) is 12.5 Å². The van der Waals surface area contributed by atoms with Gasteiger partial charge in [-0.2, -0.15) is 0 Å². The number of amides is 1. The molecule has 0 aromatic heterocycles. The highest BCUT2D eigenvalue weighted by atomic mass is 35.5. The van der Waals surface area contributed by atoms with E-state index in [1.807, 2.05) is 31.2 Å². The molecule has 1 saturated carbocycles. The summed E-state index contributed by atoms with van der Waals surface area (Å²) in [4.78, 5) is 11.8. The van der Waals surface area contributed by atoms with Crippen LogP contribution in [-0.4, -0.2) is 25.1 Å². The highest BCUT2D eigenvalue weighted by Crippen LogP contribution is 2.26. The van der Waals surface area contributed by atoms with Gasteiger partial charge in [0.25, 0.3) is 0 Å². The summed E-state index contributed by atoms with van der Waals surface area (Å²) in [5.41, 5.74) is 7.08. The summed E-state index contributed by atoms with van der Waals surface area (Å²) in [6.07, 6.45) is 3.82. The van der Waals surface area contributed by atoms with Crippen LogP contribution in [0.3, 0.4) is 0 Å². The molecule has 5 heteroatoms. The Morgan fingerprint density at radius 2 is 2.14 bits per heavy atom. The van der Waals surface area contributed by atoms with Crippen LogP contribution >= 0.6 is 12.4 Å². The zero-order chi connectivity index (χ0) is 14.4. The van der Waals surface area contributed by atoms with Gasteiger partial charge in [0.05, 0.1) is 6.54 Å². The number of carbonyl (C=O) groups is 1. The van der Waals surface area contributed by atoms with Gasteiger partial charge in [0.2, 0.25) is 5.91 Å². The average molecular weight is 313 g/mol. The smallest absolute Gasteiger partial charge is 0.220 e. The number of para-hydroxylation sites is 1. The fourth-order valence-corrected chi connectivity index (χ4v) is 2.70. The predicted octanol–water partition coefficient (Wildman–Crippen LogP) is 2.43. The van der Waals surface area contributed by atoms with Crippen LogP contribution in [0.25, 0.3) is 0 Å². The molecule has 1 aliphatic carbocycles. The summed E-state index contributed by atoms with van der Waals surface area (Å²) in [5, 5.41) is 2.90. The molecule has 0 unspecified atom stereocenters. The Hall–Kier alpha value is -1.26. The van der Waals surface area contributed by atoms with Crippen LogP contribution in [0.2, 0.25) is 0 Å². The number of ether oxygens (including phenoxy) is 1. The molecular weight excluding hydrogens is 288 g/mol. The van der Waals surface area contributed by atoms with Gasteiger partial charge in [-0.05, 0) is 37.3 Å². The first-order valence-corrected chi connectivity index (χ1v) is 7.37. The molecule has 1 aliphatic rings. The molecule has 0 saturated heterocycles. The first-order valence-electron chi connectivity index (χ1n) is 7.37. The van der Waals surface area contributed by atoms with Crippen LogP contribution in [0.5, 0.6) is 5.75 Å². The molecule has 2 rings (SSSR count).